The van der Waals surface area contributed by atoms with Gasteiger partial charge >= 0.3 is 4.87 Å². The Bertz CT molecular complexity index is 1170. The zero-order chi connectivity index (χ0) is 19.7. The van der Waals surface area contributed by atoms with Crippen molar-refractivity contribution in [3.63, 3.8) is 0 Å². The van der Waals surface area contributed by atoms with E-state index in [2.05, 4.69) is 47.7 Å². The maximum atomic E-state index is 12.6. The van der Waals surface area contributed by atoms with Gasteiger partial charge < -0.3 is 0 Å². The lowest BCUT2D eigenvalue weighted by molar-refractivity contribution is 0.723. The molecule has 0 saturated heterocycles. The van der Waals surface area contributed by atoms with Crippen molar-refractivity contribution in [1.29, 1.82) is 0 Å². The molecule has 0 fully saturated rings. The lowest BCUT2D eigenvalue weighted by Gasteiger charge is -2.14. The Morgan fingerprint density at radius 3 is 2.64 bits per heavy atom. The Morgan fingerprint density at radius 2 is 1.86 bits per heavy atom. The van der Waals surface area contributed by atoms with Gasteiger partial charge in [-0.15, -0.1) is 10.2 Å². The number of aromatic nitrogens is 4. The zero-order valence-corrected chi connectivity index (χ0v) is 17.8. The summed E-state index contributed by atoms with van der Waals surface area (Å²) in [5, 5.41) is 10.3. The van der Waals surface area contributed by atoms with E-state index in [1.807, 2.05) is 36.4 Å². The molecule has 7 heteroatoms. The van der Waals surface area contributed by atoms with E-state index in [1.165, 1.54) is 11.3 Å². The number of hydrogen-bond donors (Lipinski definition) is 0. The summed E-state index contributed by atoms with van der Waals surface area (Å²) >= 11 is 2.99. The van der Waals surface area contributed by atoms with E-state index >= 15 is 0 Å². The third kappa shape index (κ3) is 3.52. The second-order valence-electron chi connectivity index (χ2n) is 6.78. The van der Waals surface area contributed by atoms with Gasteiger partial charge in [0.05, 0.1) is 22.4 Å². The molecule has 0 amide bonds. The van der Waals surface area contributed by atoms with Crippen molar-refractivity contribution in [3.05, 3.63) is 69.6 Å². The van der Waals surface area contributed by atoms with Crippen LogP contribution in [0.5, 0.6) is 0 Å². The summed E-state index contributed by atoms with van der Waals surface area (Å²) in [7, 11) is 0. The number of thioether (sulfide) groups is 1. The van der Waals surface area contributed by atoms with Gasteiger partial charge in [-0.25, -0.2) is 0 Å². The van der Waals surface area contributed by atoms with Crippen LogP contribution in [0.15, 0.2) is 58.5 Å². The number of aryl methyl sites for hydroxylation is 1. The van der Waals surface area contributed by atoms with E-state index in [4.69, 9.17) is 0 Å². The number of thiazole rings is 1. The van der Waals surface area contributed by atoms with E-state index in [0.29, 0.717) is 11.8 Å². The monoisotopic (exact) mass is 410 g/mol. The van der Waals surface area contributed by atoms with Gasteiger partial charge in [-0.3, -0.25) is 13.9 Å². The van der Waals surface area contributed by atoms with Crippen LogP contribution < -0.4 is 4.87 Å². The fourth-order valence-corrected chi connectivity index (χ4v) is 4.92. The maximum absolute atomic E-state index is 12.6. The molecule has 0 aliphatic rings. The molecule has 0 saturated carbocycles. The molecule has 2 aromatic heterocycles. The standard InChI is InChI=1S/C21H22N4OS2/c1-4-15(3)27-20-23-22-19(25(20)16-10-6-5-9-14(16)2)13-24-17-11-7-8-12-18(17)28-21(24)26/h5-12,15H,4,13H2,1-3H3/t15-/m0/s1. The van der Waals surface area contributed by atoms with Gasteiger partial charge in [0.15, 0.2) is 11.0 Å². The molecule has 144 valence electrons. The quantitative estimate of drug-likeness (QED) is 0.425. The van der Waals surface area contributed by atoms with Crippen LogP contribution in [0, 0.1) is 6.92 Å². The summed E-state index contributed by atoms with van der Waals surface area (Å²) in [4.78, 5) is 12.6. The molecule has 5 nitrogen and oxygen atoms in total. The number of fused-ring (bicyclic) bond motifs is 1. The van der Waals surface area contributed by atoms with E-state index in [0.717, 1.165) is 38.9 Å². The minimum absolute atomic E-state index is 0.0247. The Morgan fingerprint density at radius 1 is 1.11 bits per heavy atom. The molecule has 28 heavy (non-hydrogen) atoms. The van der Waals surface area contributed by atoms with Crippen LogP contribution in [0.3, 0.4) is 0 Å². The number of para-hydroxylation sites is 2. The molecule has 4 rings (SSSR count). The topological polar surface area (TPSA) is 52.7 Å². The highest BCUT2D eigenvalue weighted by molar-refractivity contribution is 7.99. The number of rotatable bonds is 6. The van der Waals surface area contributed by atoms with Gasteiger partial charge in [0.1, 0.15) is 0 Å². The summed E-state index contributed by atoms with van der Waals surface area (Å²) in [6.07, 6.45) is 1.05. The second-order valence-corrected chi connectivity index (χ2v) is 9.18. The molecule has 0 aliphatic heterocycles. The average molecular weight is 411 g/mol. The van der Waals surface area contributed by atoms with Crippen LogP contribution in [-0.4, -0.2) is 24.6 Å². The Hall–Kier alpha value is -2.38. The summed E-state index contributed by atoms with van der Waals surface area (Å²) < 4.78 is 4.88. The minimum Gasteiger partial charge on any atom is -0.291 e. The fraction of sp³-hybridized carbons (Fsp3) is 0.286. The predicted molar refractivity (Wildman–Crippen MR) is 117 cm³/mol. The second kappa shape index (κ2) is 7.93. The van der Waals surface area contributed by atoms with Crippen molar-refractivity contribution in [2.75, 3.05) is 0 Å². The van der Waals surface area contributed by atoms with Crippen LogP contribution in [0.25, 0.3) is 15.9 Å². The molecular weight excluding hydrogens is 388 g/mol. The van der Waals surface area contributed by atoms with Gasteiger partial charge in [-0.05, 0) is 37.1 Å². The number of nitrogens with zero attached hydrogens (tertiary/aromatic N) is 4. The lowest BCUT2D eigenvalue weighted by atomic mass is 10.2. The average Bonchev–Trinajstić information content (AvgIpc) is 3.23. The first kappa shape index (κ1) is 19.0. The minimum atomic E-state index is 0.0247. The summed E-state index contributed by atoms with van der Waals surface area (Å²) in [5.41, 5.74) is 3.14. The maximum Gasteiger partial charge on any atom is 0.308 e. The van der Waals surface area contributed by atoms with Crippen LogP contribution in [0.2, 0.25) is 0 Å². The smallest absolute Gasteiger partial charge is 0.291 e. The van der Waals surface area contributed by atoms with Crippen molar-refractivity contribution in [2.24, 2.45) is 0 Å². The van der Waals surface area contributed by atoms with Gasteiger partial charge in [0, 0.05) is 5.25 Å². The van der Waals surface area contributed by atoms with E-state index in [1.54, 1.807) is 16.3 Å². The highest BCUT2D eigenvalue weighted by Crippen LogP contribution is 2.29. The molecule has 1 atom stereocenters. The molecule has 0 unspecified atom stereocenters. The van der Waals surface area contributed by atoms with Crippen molar-refractivity contribution in [3.8, 4) is 5.69 Å². The van der Waals surface area contributed by atoms with Crippen LogP contribution in [0.1, 0.15) is 31.7 Å². The lowest BCUT2D eigenvalue weighted by Crippen LogP contribution is -2.17. The number of benzene rings is 2. The fourth-order valence-electron chi connectivity index (χ4n) is 3.10. The van der Waals surface area contributed by atoms with E-state index < -0.39 is 0 Å². The molecule has 0 aliphatic carbocycles. The summed E-state index contributed by atoms with van der Waals surface area (Å²) in [5.74, 6) is 0.769. The molecule has 0 radical (unpaired) electrons. The van der Waals surface area contributed by atoms with Crippen molar-refractivity contribution in [2.45, 2.75) is 44.1 Å². The number of hydrogen-bond acceptors (Lipinski definition) is 5. The highest BCUT2D eigenvalue weighted by atomic mass is 32.2. The van der Waals surface area contributed by atoms with Crippen LogP contribution >= 0.6 is 23.1 Å². The molecule has 2 aromatic carbocycles. The third-order valence-electron chi connectivity index (χ3n) is 4.81. The van der Waals surface area contributed by atoms with Gasteiger partial charge in [0.25, 0.3) is 0 Å². The third-order valence-corrected chi connectivity index (χ3v) is 6.98. The van der Waals surface area contributed by atoms with Crippen molar-refractivity contribution >= 4 is 33.3 Å². The van der Waals surface area contributed by atoms with Crippen LogP contribution in [-0.2, 0) is 6.54 Å². The Labute approximate surface area is 172 Å². The van der Waals surface area contributed by atoms with E-state index in [9.17, 15) is 4.79 Å². The molecule has 0 N–H and O–H groups in total. The first-order valence-electron chi connectivity index (χ1n) is 9.33. The predicted octanol–water partition coefficient (Wildman–Crippen LogP) is 4.89. The van der Waals surface area contributed by atoms with Crippen molar-refractivity contribution < 1.29 is 0 Å². The van der Waals surface area contributed by atoms with Crippen LogP contribution in [0.4, 0.5) is 0 Å². The van der Waals surface area contributed by atoms with Crippen molar-refractivity contribution in [1.82, 2.24) is 19.3 Å². The highest BCUT2D eigenvalue weighted by Gasteiger charge is 2.19. The van der Waals surface area contributed by atoms with Gasteiger partial charge in [-0.2, -0.15) is 0 Å². The first-order chi connectivity index (χ1) is 13.6. The normalized spacial score (nSPS) is 12.5. The Balaban J connectivity index is 1.84. The summed E-state index contributed by atoms with van der Waals surface area (Å²) in [6, 6.07) is 16.1. The van der Waals surface area contributed by atoms with Gasteiger partial charge in [-0.1, -0.05) is 67.3 Å². The first-order valence-corrected chi connectivity index (χ1v) is 11.0. The molecule has 4 aromatic rings. The summed E-state index contributed by atoms with van der Waals surface area (Å²) in [6.45, 7) is 6.84. The largest absolute Gasteiger partial charge is 0.308 e. The molecular formula is C21H22N4OS2. The molecule has 0 bridgehead atoms. The van der Waals surface area contributed by atoms with E-state index in [-0.39, 0.29) is 4.87 Å². The zero-order valence-electron chi connectivity index (χ0n) is 16.1. The Kier molecular flexibility index (Phi) is 5.37. The van der Waals surface area contributed by atoms with Gasteiger partial charge in [0.2, 0.25) is 0 Å². The molecule has 2 heterocycles. The SMILES string of the molecule is CC[C@H](C)Sc1nnc(Cn2c(=O)sc3ccccc32)n1-c1ccccc1C. The molecule has 0 spiro atoms.